The molecule has 0 heterocycles. The Kier molecular flexibility index (Phi) is 7.04. The summed E-state index contributed by atoms with van der Waals surface area (Å²) in [6, 6.07) is 28.5. The third kappa shape index (κ3) is 4.78. The van der Waals surface area contributed by atoms with Crippen molar-refractivity contribution in [1.82, 2.24) is 0 Å². The average Bonchev–Trinajstić information content (AvgIpc) is 2.93. The molecule has 4 aliphatic rings. The van der Waals surface area contributed by atoms with Gasteiger partial charge in [-0.2, -0.15) is 0 Å². The highest BCUT2D eigenvalue weighted by molar-refractivity contribution is 7.06. The number of rotatable bonds is 9. The third-order valence-electron chi connectivity index (χ3n) is 9.72. The largest absolute Gasteiger partial charge is 0.466 e. The van der Waals surface area contributed by atoms with Crippen LogP contribution in [0.1, 0.15) is 57.4 Å². The second-order valence-electron chi connectivity index (χ2n) is 12.4. The lowest BCUT2D eigenvalue weighted by Crippen LogP contribution is -2.68. The predicted molar refractivity (Wildman–Crippen MR) is 155 cm³/mol. The smallest absolute Gasteiger partial charge is 0.309 e. The van der Waals surface area contributed by atoms with Gasteiger partial charge >= 0.3 is 5.97 Å². The van der Waals surface area contributed by atoms with E-state index in [2.05, 4.69) is 18.2 Å². The lowest BCUT2D eigenvalue weighted by molar-refractivity contribution is -0.151. The summed E-state index contributed by atoms with van der Waals surface area (Å²) >= 11 is 0. The van der Waals surface area contributed by atoms with E-state index in [1.807, 2.05) is 73.7 Å². The second kappa shape index (κ2) is 10.5. The quantitative estimate of drug-likeness (QED) is 0.244. The number of benzene rings is 3. The van der Waals surface area contributed by atoms with Crippen LogP contribution in [0.25, 0.3) is 0 Å². The van der Waals surface area contributed by atoms with Crippen LogP contribution in [0.2, 0.25) is 0 Å². The summed E-state index contributed by atoms with van der Waals surface area (Å²) in [6.45, 7) is 2.31. The molecule has 38 heavy (non-hydrogen) atoms. The fourth-order valence-electron chi connectivity index (χ4n) is 8.71. The highest BCUT2D eigenvalue weighted by Gasteiger charge is 2.52. The van der Waals surface area contributed by atoms with Crippen LogP contribution < -0.4 is 15.6 Å². The summed E-state index contributed by atoms with van der Waals surface area (Å²) in [6.07, 6.45) is 9.58. The molecule has 4 fully saturated rings. The van der Waals surface area contributed by atoms with Gasteiger partial charge in [0.2, 0.25) is 0 Å². The Bertz CT molecular complexity index is 1180. The van der Waals surface area contributed by atoms with Gasteiger partial charge in [0.05, 0.1) is 12.5 Å². The molecule has 0 spiro atoms. The standard InChI is InChI=1S/C34H40O3Si/c1-2-37-33(35)29(24-34-21-25-17-26(22-34)19-27(18-25)23-34)20-28-11-9-10-16-32(28)38(36,30-12-5-3-6-13-30)31-14-7-4-8-15-31/h3-16,25-27,29,36H,2,17-24H2,1H3. The van der Waals surface area contributed by atoms with Crippen LogP contribution >= 0.6 is 0 Å². The molecule has 4 saturated carbocycles. The molecule has 1 unspecified atom stereocenters. The molecular weight excluding hydrogens is 484 g/mol. The van der Waals surface area contributed by atoms with Crippen LogP contribution in [0.3, 0.4) is 0 Å². The molecule has 4 bridgehead atoms. The molecule has 4 heteroatoms. The molecule has 3 aromatic rings. The summed E-state index contributed by atoms with van der Waals surface area (Å²) in [7, 11) is -3.28. The van der Waals surface area contributed by atoms with E-state index in [0.29, 0.717) is 13.0 Å². The predicted octanol–water partition coefficient (Wildman–Crippen LogP) is 4.97. The van der Waals surface area contributed by atoms with Crippen LogP contribution in [-0.4, -0.2) is 25.7 Å². The molecule has 1 N–H and O–H groups in total. The van der Waals surface area contributed by atoms with E-state index in [4.69, 9.17) is 4.74 Å². The van der Waals surface area contributed by atoms with Gasteiger partial charge in [0.25, 0.3) is 8.32 Å². The minimum absolute atomic E-state index is 0.0670. The Morgan fingerprint density at radius 1 is 0.842 bits per heavy atom. The Morgan fingerprint density at radius 3 is 1.87 bits per heavy atom. The van der Waals surface area contributed by atoms with Gasteiger partial charge in [0.15, 0.2) is 0 Å². The molecule has 7 rings (SSSR count). The molecular formula is C34H40O3Si. The van der Waals surface area contributed by atoms with Crippen molar-refractivity contribution in [2.45, 2.75) is 58.3 Å². The van der Waals surface area contributed by atoms with E-state index in [-0.39, 0.29) is 17.3 Å². The zero-order valence-electron chi connectivity index (χ0n) is 22.5. The fraction of sp³-hybridized carbons (Fsp3) is 0.441. The summed E-state index contributed by atoms with van der Waals surface area (Å²) in [5, 5.41) is 2.91. The number of ether oxygens (including phenoxy) is 1. The molecule has 0 amide bonds. The third-order valence-corrected chi connectivity index (χ3v) is 13.3. The van der Waals surface area contributed by atoms with E-state index in [9.17, 15) is 9.59 Å². The van der Waals surface area contributed by atoms with E-state index in [1.165, 1.54) is 38.5 Å². The van der Waals surface area contributed by atoms with Crippen molar-refractivity contribution >= 4 is 29.8 Å². The van der Waals surface area contributed by atoms with Crippen molar-refractivity contribution < 1.29 is 14.3 Å². The van der Waals surface area contributed by atoms with Gasteiger partial charge in [-0.25, -0.2) is 0 Å². The van der Waals surface area contributed by atoms with Crippen molar-refractivity contribution in [2.75, 3.05) is 6.61 Å². The summed E-state index contributed by atoms with van der Waals surface area (Å²) < 4.78 is 5.69. The van der Waals surface area contributed by atoms with Gasteiger partial charge in [-0.05, 0) is 103 Å². The van der Waals surface area contributed by atoms with Crippen LogP contribution in [0.4, 0.5) is 0 Å². The van der Waals surface area contributed by atoms with Crippen LogP contribution in [0.15, 0.2) is 84.9 Å². The zero-order chi connectivity index (χ0) is 26.2. The maximum Gasteiger partial charge on any atom is 0.309 e. The van der Waals surface area contributed by atoms with Gasteiger partial charge < -0.3 is 9.53 Å². The highest BCUT2D eigenvalue weighted by atomic mass is 28.4. The van der Waals surface area contributed by atoms with Crippen molar-refractivity contribution in [3.8, 4) is 0 Å². The van der Waals surface area contributed by atoms with E-state index in [1.54, 1.807) is 0 Å². The van der Waals surface area contributed by atoms with E-state index < -0.39 is 8.32 Å². The first-order valence-electron chi connectivity index (χ1n) is 14.6. The van der Waals surface area contributed by atoms with Crippen molar-refractivity contribution in [3.05, 3.63) is 90.5 Å². The normalized spacial score (nSPS) is 26.7. The minimum atomic E-state index is -3.28. The first kappa shape index (κ1) is 25.6. The Morgan fingerprint density at radius 2 is 1.34 bits per heavy atom. The molecule has 1 atom stereocenters. The Labute approximate surface area is 228 Å². The maximum absolute atomic E-state index is 13.5. The van der Waals surface area contributed by atoms with Crippen LogP contribution in [0.5, 0.6) is 0 Å². The molecule has 0 aliphatic heterocycles. The van der Waals surface area contributed by atoms with E-state index in [0.717, 1.165) is 45.3 Å². The van der Waals surface area contributed by atoms with Crippen LogP contribution in [0, 0.1) is 29.1 Å². The number of hydrogen-bond donors (Lipinski definition) is 1. The maximum atomic E-state index is 13.5. The molecule has 3 aromatic carbocycles. The topological polar surface area (TPSA) is 46.5 Å². The van der Waals surface area contributed by atoms with Gasteiger partial charge in [0.1, 0.15) is 0 Å². The van der Waals surface area contributed by atoms with Crippen molar-refractivity contribution in [3.63, 3.8) is 0 Å². The SMILES string of the molecule is CCOC(=O)C(Cc1ccccc1[Si](O)(c1ccccc1)c1ccccc1)CC12CC3CC(CC(C3)C1)C2. The lowest BCUT2D eigenvalue weighted by atomic mass is 9.48. The molecule has 0 aromatic heterocycles. The number of esters is 1. The highest BCUT2D eigenvalue weighted by Crippen LogP contribution is 2.62. The summed E-state index contributed by atoms with van der Waals surface area (Å²) in [5.41, 5.74) is 1.37. The summed E-state index contributed by atoms with van der Waals surface area (Å²) in [4.78, 5) is 26.2. The number of carbonyl (C=O) groups excluding carboxylic acids is 1. The van der Waals surface area contributed by atoms with Gasteiger partial charge in [-0.15, -0.1) is 0 Å². The Hall–Kier alpha value is -2.69. The lowest BCUT2D eigenvalue weighted by Gasteiger charge is -2.57. The van der Waals surface area contributed by atoms with Crippen molar-refractivity contribution in [1.29, 1.82) is 0 Å². The zero-order valence-corrected chi connectivity index (χ0v) is 23.5. The van der Waals surface area contributed by atoms with Crippen molar-refractivity contribution in [2.24, 2.45) is 29.1 Å². The molecule has 4 aliphatic carbocycles. The molecule has 0 saturated heterocycles. The number of hydrogen-bond acceptors (Lipinski definition) is 3. The number of carbonyl (C=O) groups is 1. The first-order chi connectivity index (χ1) is 18.5. The monoisotopic (exact) mass is 524 g/mol. The van der Waals surface area contributed by atoms with Gasteiger partial charge in [-0.1, -0.05) is 84.9 Å². The molecule has 3 nitrogen and oxygen atoms in total. The molecule has 198 valence electrons. The summed E-state index contributed by atoms with van der Waals surface area (Å²) in [5.74, 6) is 2.31. The van der Waals surface area contributed by atoms with Crippen LogP contribution in [-0.2, 0) is 16.0 Å². The first-order valence-corrected chi connectivity index (χ1v) is 16.5. The Balaban J connectivity index is 1.38. The average molecular weight is 525 g/mol. The second-order valence-corrected chi connectivity index (χ2v) is 15.5. The van der Waals surface area contributed by atoms with E-state index >= 15 is 0 Å². The molecule has 0 radical (unpaired) electrons. The van der Waals surface area contributed by atoms with Gasteiger partial charge in [0, 0.05) is 0 Å². The minimum Gasteiger partial charge on any atom is -0.466 e. The van der Waals surface area contributed by atoms with Gasteiger partial charge in [-0.3, -0.25) is 4.79 Å². The fourth-order valence-corrected chi connectivity index (χ4v) is 12.0.